The van der Waals surface area contributed by atoms with E-state index in [2.05, 4.69) is 5.16 Å². The van der Waals surface area contributed by atoms with Crippen molar-refractivity contribution in [3.05, 3.63) is 35.9 Å². The molecule has 0 aliphatic rings. The van der Waals surface area contributed by atoms with E-state index in [1.54, 1.807) is 26.0 Å². The molecular formula is C10H13MnNO2. The van der Waals surface area contributed by atoms with Gasteiger partial charge in [-0.2, -0.15) is 0 Å². The summed E-state index contributed by atoms with van der Waals surface area (Å²) in [6.45, 7) is 3.17. The third kappa shape index (κ3) is 2.58. The van der Waals surface area contributed by atoms with Crippen molar-refractivity contribution in [1.82, 2.24) is 0 Å². The third-order valence-corrected chi connectivity index (χ3v) is 2.19. The normalized spacial score (nSPS) is 15.5. The Bertz CT molecular complexity index is 309. The Balaban J connectivity index is 0.00000169. The molecule has 1 aromatic rings. The van der Waals surface area contributed by atoms with E-state index in [1.807, 2.05) is 18.2 Å². The fourth-order valence-corrected chi connectivity index (χ4v) is 1.07. The SMILES string of the molecule is C/C(=N\O)C(C)(O)c1ccccc1.[Mn]. The molecule has 1 rings (SSSR count). The van der Waals surface area contributed by atoms with Gasteiger partial charge in [-0.25, -0.2) is 0 Å². The summed E-state index contributed by atoms with van der Waals surface area (Å²) in [6.07, 6.45) is 0. The summed E-state index contributed by atoms with van der Waals surface area (Å²) >= 11 is 0. The molecule has 0 aliphatic carbocycles. The molecule has 77 valence electrons. The maximum Gasteiger partial charge on any atom is 0.128 e. The maximum absolute atomic E-state index is 9.96. The summed E-state index contributed by atoms with van der Waals surface area (Å²) in [4.78, 5) is 0. The molecule has 0 heterocycles. The number of hydrogen-bond donors (Lipinski definition) is 2. The summed E-state index contributed by atoms with van der Waals surface area (Å²) < 4.78 is 0. The summed E-state index contributed by atoms with van der Waals surface area (Å²) in [5.41, 5.74) is -0.209. The van der Waals surface area contributed by atoms with E-state index in [-0.39, 0.29) is 22.8 Å². The molecule has 1 unspecified atom stereocenters. The molecule has 14 heavy (non-hydrogen) atoms. The molecule has 0 amide bonds. The van der Waals surface area contributed by atoms with Gasteiger partial charge in [0.2, 0.25) is 0 Å². The smallest absolute Gasteiger partial charge is 0.128 e. The molecule has 0 spiro atoms. The van der Waals surface area contributed by atoms with Crippen molar-refractivity contribution in [3.63, 3.8) is 0 Å². The number of rotatable bonds is 2. The largest absolute Gasteiger partial charge is 0.411 e. The number of nitrogens with zero attached hydrogens (tertiary/aromatic N) is 1. The van der Waals surface area contributed by atoms with E-state index in [0.29, 0.717) is 5.56 Å². The first-order valence-corrected chi connectivity index (χ1v) is 4.06. The van der Waals surface area contributed by atoms with Gasteiger partial charge in [-0.15, -0.1) is 0 Å². The second kappa shape index (κ2) is 5.15. The minimum atomic E-state index is -1.20. The molecule has 0 aromatic heterocycles. The van der Waals surface area contributed by atoms with Crippen molar-refractivity contribution in [3.8, 4) is 0 Å². The van der Waals surface area contributed by atoms with Crippen LogP contribution in [-0.4, -0.2) is 16.0 Å². The Kier molecular flexibility index (Phi) is 4.84. The molecule has 1 aromatic carbocycles. The van der Waals surface area contributed by atoms with Gasteiger partial charge >= 0.3 is 0 Å². The van der Waals surface area contributed by atoms with Crippen LogP contribution in [0.1, 0.15) is 19.4 Å². The van der Waals surface area contributed by atoms with E-state index in [1.165, 1.54) is 0 Å². The standard InChI is InChI=1S/C10H13NO2.Mn/c1-8(11-13)10(2,12)9-6-4-3-5-7-9;/h3-7,12-13H,1-2H3;/b11-8+;. The second-order valence-electron chi connectivity index (χ2n) is 3.12. The molecule has 0 fully saturated rings. The Morgan fingerprint density at radius 3 is 2.21 bits per heavy atom. The summed E-state index contributed by atoms with van der Waals surface area (Å²) in [5, 5.41) is 21.5. The van der Waals surface area contributed by atoms with Gasteiger partial charge in [0.25, 0.3) is 0 Å². The van der Waals surface area contributed by atoms with Crippen LogP contribution in [0.4, 0.5) is 0 Å². The molecule has 0 bridgehead atoms. The molecule has 0 saturated carbocycles. The van der Waals surface area contributed by atoms with Crippen molar-refractivity contribution in [2.75, 3.05) is 0 Å². The van der Waals surface area contributed by atoms with Crippen LogP contribution in [0.3, 0.4) is 0 Å². The topological polar surface area (TPSA) is 52.8 Å². The molecule has 3 nitrogen and oxygen atoms in total. The van der Waals surface area contributed by atoms with Crippen LogP contribution >= 0.6 is 0 Å². The van der Waals surface area contributed by atoms with Crippen molar-refractivity contribution in [1.29, 1.82) is 0 Å². The predicted octanol–water partition coefficient (Wildman–Crippen LogP) is 1.74. The monoisotopic (exact) mass is 234 g/mol. The van der Waals surface area contributed by atoms with Crippen molar-refractivity contribution in [2.24, 2.45) is 5.16 Å². The number of hydrogen-bond acceptors (Lipinski definition) is 3. The van der Waals surface area contributed by atoms with Crippen LogP contribution < -0.4 is 0 Å². The maximum atomic E-state index is 9.96. The molecule has 1 atom stereocenters. The Morgan fingerprint density at radius 2 is 1.79 bits per heavy atom. The minimum absolute atomic E-state index is 0. The Morgan fingerprint density at radius 1 is 1.29 bits per heavy atom. The second-order valence-corrected chi connectivity index (χ2v) is 3.12. The third-order valence-electron chi connectivity index (χ3n) is 2.19. The van der Waals surface area contributed by atoms with Gasteiger partial charge < -0.3 is 10.3 Å². The Hall–Kier alpha value is -0.831. The van der Waals surface area contributed by atoms with Crippen molar-refractivity contribution in [2.45, 2.75) is 19.4 Å². The molecule has 0 saturated heterocycles. The van der Waals surface area contributed by atoms with Gasteiger partial charge in [0.15, 0.2) is 0 Å². The first-order valence-electron chi connectivity index (χ1n) is 4.06. The molecule has 1 radical (unpaired) electrons. The van der Waals surface area contributed by atoms with Crippen LogP contribution in [0.5, 0.6) is 0 Å². The van der Waals surface area contributed by atoms with Crippen molar-refractivity contribution >= 4 is 5.71 Å². The van der Waals surface area contributed by atoms with Gasteiger partial charge in [0.1, 0.15) is 5.60 Å². The molecule has 0 aliphatic heterocycles. The van der Waals surface area contributed by atoms with Crippen LogP contribution in [-0.2, 0) is 22.7 Å². The predicted molar refractivity (Wildman–Crippen MR) is 50.9 cm³/mol. The van der Waals surface area contributed by atoms with E-state index < -0.39 is 5.60 Å². The van der Waals surface area contributed by atoms with E-state index in [0.717, 1.165) is 0 Å². The van der Waals surface area contributed by atoms with Gasteiger partial charge in [0, 0.05) is 17.1 Å². The van der Waals surface area contributed by atoms with Crippen molar-refractivity contribution < 1.29 is 27.4 Å². The van der Waals surface area contributed by atoms with Crippen LogP contribution in [0.2, 0.25) is 0 Å². The fourth-order valence-electron chi connectivity index (χ4n) is 1.07. The average Bonchev–Trinajstić information content (AvgIpc) is 2.18. The van der Waals surface area contributed by atoms with E-state index in [9.17, 15) is 5.11 Å². The van der Waals surface area contributed by atoms with Gasteiger partial charge in [-0.1, -0.05) is 35.5 Å². The summed E-state index contributed by atoms with van der Waals surface area (Å²) in [5.74, 6) is 0. The molecule has 4 heteroatoms. The van der Waals surface area contributed by atoms with Crippen LogP contribution in [0.25, 0.3) is 0 Å². The van der Waals surface area contributed by atoms with Gasteiger partial charge in [0.05, 0.1) is 5.71 Å². The number of aliphatic hydroxyl groups is 1. The average molecular weight is 234 g/mol. The zero-order valence-electron chi connectivity index (χ0n) is 8.11. The number of benzene rings is 1. The van der Waals surface area contributed by atoms with Gasteiger partial charge in [-0.3, -0.25) is 0 Å². The first-order chi connectivity index (χ1) is 6.09. The van der Waals surface area contributed by atoms with Crippen LogP contribution in [0.15, 0.2) is 35.5 Å². The van der Waals surface area contributed by atoms with Gasteiger partial charge in [-0.05, 0) is 19.4 Å². The summed E-state index contributed by atoms with van der Waals surface area (Å²) in [6, 6.07) is 9.09. The zero-order valence-corrected chi connectivity index (χ0v) is 9.29. The number of oxime groups is 1. The zero-order chi connectivity index (χ0) is 9.90. The summed E-state index contributed by atoms with van der Waals surface area (Å²) in [7, 11) is 0. The van der Waals surface area contributed by atoms with Crippen LogP contribution in [0, 0.1) is 0 Å². The minimum Gasteiger partial charge on any atom is -0.411 e. The first kappa shape index (κ1) is 13.2. The molecule has 2 N–H and O–H groups in total. The Labute approximate surface area is 93.9 Å². The molecular weight excluding hydrogens is 221 g/mol. The fraction of sp³-hybridized carbons (Fsp3) is 0.300. The van der Waals surface area contributed by atoms with E-state index in [4.69, 9.17) is 5.21 Å². The quantitative estimate of drug-likeness (QED) is 0.354. The van der Waals surface area contributed by atoms with E-state index >= 15 is 0 Å².